The molecule has 6 rings (SSSR count). The minimum atomic E-state index is 0.298. The molecular weight excluding hydrogens is 613 g/mol. The predicted molar refractivity (Wildman–Crippen MR) is 188 cm³/mol. The van der Waals surface area contributed by atoms with Gasteiger partial charge in [-0.2, -0.15) is 35.3 Å². The van der Waals surface area contributed by atoms with Crippen molar-refractivity contribution in [2.75, 3.05) is 55.7 Å². The monoisotopic (exact) mass is 670 g/mol. The van der Waals surface area contributed by atoms with Gasteiger partial charge in [-0.05, 0) is 154 Å². The molecular formula is C35H58O4S4. The molecule has 6 aliphatic rings. The van der Waals surface area contributed by atoms with Crippen LogP contribution in [0.25, 0.3) is 0 Å². The molecule has 12 unspecified atom stereocenters. The highest BCUT2D eigenvalue weighted by Gasteiger charge is 2.57. The smallest absolute Gasteiger partial charge is 0.186 e. The average Bonchev–Trinajstić information content (AvgIpc) is 3.82. The van der Waals surface area contributed by atoms with E-state index in [1.165, 1.54) is 93.6 Å². The summed E-state index contributed by atoms with van der Waals surface area (Å²) >= 11 is 7.84. The van der Waals surface area contributed by atoms with Gasteiger partial charge in [0.1, 0.15) is 0 Å². The Morgan fingerprint density at radius 2 is 1.05 bits per heavy atom. The molecule has 0 spiro atoms. The summed E-state index contributed by atoms with van der Waals surface area (Å²) in [6, 6.07) is 0. The van der Waals surface area contributed by atoms with Crippen molar-refractivity contribution in [3.63, 3.8) is 0 Å². The van der Waals surface area contributed by atoms with Gasteiger partial charge in [0.15, 0.2) is 5.12 Å². The third kappa shape index (κ3) is 8.71. The van der Waals surface area contributed by atoms with Crippen LogP contribution in [0.1, 0.15) is 84.0 Å². The summed E-state index contributed by atoms with van der Waals surface area (Å²) in [6.45, 7) is 5.43. The second-order valence-electron chi connectivity index (χ2n) is 14.5. The van der Waals surface area contributed by atoms with Crippen LogP contribution in [0.15, 0.2) is 0 Å². The normalized spacial score (nSPS) is 40.5. The lowest BCUT2D eigenvalue weighted by Gasteiger charge is -2.31. The van der Waals surface area contributed by atoms with Crippen molar-refractivity contribution in [1.29, 1.82) is 0 Å². The number of fused-ring (bicyclic) bond motifs is 10. The molecule has 0 saturated heterocycles. The maximum atomic E-state index is 11.5. The fourth-order valence-electron chi connectivity index (χ4n) is 10.4. The fourth-order valence-corrected chi connectivity index (χ4v) is 14.1. The Morgan fingerprint density at radius 3 is 1.56 bits per heavy atom. The van der Waals surface area contributed by atoms with Gasteiger partial charge in [0.25, 0.3) is 0 Å². The summed E-state index contributed by atoms with van der Waals surface area (Å²) in [5, 5.41) is 1.81. The summed E-state index contributed by atoms with van der Waals surface area (Å²) in [7, 11) is 0. The van der Waals surface area contributed by atoms with Crippen LogP contribution in [0, 0.1) is 47.3 Å². The van der Waals surface area contributed by atoms with E-state index in [4.69, 9.17) is 14.2 Å². The third-order valence-corrected chi connectivity index (χ3v) is 16.5. The van der Waals surface area contributed by atoms with Gasteiger partial charge < -0.3 is 14.2 Å². The van der Waals surface area contributed by atoms with Crippen LogP contribution < -0.4 is 0 Å². The second-order valence-corrected chi connectivity index (χ2v) is 19.6. The van der Waals surface area contributed by atoms with Crippen molar-refractivity contribution < 1.29 is 19.0 Å². The number of ether oxygens (including phenoxy) is 3. The first-order valence-corrected chi connectivity index (χ1v) is 22.2. The molecule has 6 saturated carbocycles. The first-order valence-electron chi connectivity index (χ1n) is 17.8. The molecule has 4 nitrogen and oxygen atoms in total. The first-order chi connectivity index (χ1) is 21.1. The number of carbonyl (C=O) groups is 1. The molecule has 8 heteroatoms. The highest BCUT2D eigenvalue weighted by molar-refractivity contribution is 8.14. The molecule has 4 bridgehead atoms. The lowest BCUT2D eigenvalue weighted by molar-refractivity contribution is -0.109. The van der Waals surface area contributed by atoms with Crippen molar-refractivity contribution in [3.05, 3.63) is 0 Å². The number of carbonyl (C=O) groups excluding carboxylic acids is 1. The molecule has 0 N–H and O–H groups in total. The molecule has 43 heavy (non-hydrogen) atoms. The van der Waals surface area contributed by atoms with Crippen molar-refractivity contribution in [2.45, 2.75) is 107 Å². The Morgan fingerprint density at radius 1 is 0.581 bits per heavy atom. The van der Waals surface area contributed by atoms with Gasteiger partial charge in [0, 0.05) is 43.9 Å². The lowest BCUT2D eigenvalue weighted by atomic mass is 9.80. The number of thioether (sulfide) groups is 4. The van der Waals surface area contributed by atoms with Crippen molar-refractivity contribution in [1.82, 2.24) is 0 Å². The zero-order valence-electron chi connectivity index (χ0n) is 26.8. The highest BCUT2D eigenvalue weighted by atomic mass is 32.2. The highest BCUT2D eigenvalue weighted by Crippen LogP contribution is 2.62. The third-order valence-electron chi connectivity index (χ3n) is 12.1. The maximum Gasteiger partial charge on any atom is 0.186 e. The van der Waals surface area contributed by atoms with E-state index in [-0.39, 0.29) is 0 Å². The van der Waals surface area contributed by atoms with Gasteiger partial charge in [-0.25, -0.2) is 0 Å². The molecule has 0 heterocycles. The number of rotatable bonds is 20. The Balaban J connectivity index is 0.682. The Labute approximate surface area is 279 Å². The summed E-state index contributed by atoms with van der Waals surface area (Å²) in [6.07, 6.45) is 19.1. The van der Waals surface area contributed by atoms with E-state index in [1.54, 1.807) is 18.7 Å². The topological polar surface area (TPSA) is 44.8 Å². The van der Waals surface area contributed by atoms with Crippen molar-refractivity contribution in [2.24, 2.45) is 47.3 Å². The van der Waals surface area contributed by atoms with Gasteiger partial charge in [0.05, 0.1) is 12.2 Å². The molecule has 0 radical (unpaired) electrons. The van der Waals surface area contributed by atoms with Crippen LogP contribution in [0.3, 0.4) is 0 Å². The SMILES string of the molecule is CSC1CC2C3CC(OCCCSCCCOCCCSCCCOC4CC5CC4C4CC(SC(C)=O)CC54)C(C3)C2C1. The Kier molecular flexibility index (Phi) is 13.3. The van der Waals surface area contributed by atoms with Crippen molar-refractivity contribution in [3.8, 4) is 0 Å². The van der Waals surface area contributed by atoms with Gasteiger partial charge in [-0.3, -0.25) is 4.79 Å². The van der Waals surface area contributed by atoms with Crippen molar-refractivity contribution >= 4 is 52.2 Å². The molecule has 0 aromatic heterocycles. The summed E-state index contributed by atoms with van der Waals surface area (Å²) in [5.41, 5.74) is 0. The molecule has 0 aliphatic heterocycles. The summed E-state index contributed by atoms with van der Waals surface area (Å²) in [4.78, 5) is 11.5. The van der Waals surface area contributed by atoms with Gasteiger partial charge >= 0.3 is 0 Å². The van der Waals surface area contributed by atoms with Crippen LogP contribution in [-0.4, -0.2) is 83.5 Å². The zero-order chi connectivity index (χ0) is 29.6. The zero-order valence-corrected chi connectivity index (χ0v) is 30.1. The van der Waals surface area contributed by atoms with Crippen LogP contribution in [0.5, 0.6) is 0 Å². The minimum absolute atomic E-state index is 0.298. The molecule has 246 valence electrons. The first kappa shape index (κ1) is 33.8. The van der Waals surface area contributed by atoms with E-state index in [9.17, 15) is 4.79 Å². The van der Waals surface area contributed by atoms with Crippen LogP contribution in [-0.2, 0) is 19.0 Å². The summed E-state index contributed by atoms with van der Waals surface area (Å²) < 4.78 is 18.7. The minimum Gasteiger partial charge on any atom is -0.381 e. The Hall–Kier alpha value is 0.950. The van der Waals surface area contributed by atoms with Crippen LogP contribution >= 0.6 is 47.0 Å². The van der Waals surface area contributed by atoms with E-state index in [0.29, 0.717) is 22.6 Å². The molecule has 12 atom stereocenters. The maximum absolute atomic E-state index is 11.5. The molecule has 0 aromatic rings. The predicted octanol–water partition coefficient (Wildman–Crippen LogP) is 8.31. The fraction of sp³-hybridized carbons (Fsp3) is 0.971. The van der Waals surface area contributed by atoms with E-state index >= 15 is 0 Å². The quantitative estimate of drug-likeness (QED) is 0.120. The van der Waals surface area contributed by atoms with Crippen LogP contribution in [0.4, 0.5) is 0 Å². The largest absolute Gasteiger partial charge is 0.381 e. The standard InChI is InChI=1S/C35H58O4S4/c1-23(36)43-27-21-29-25-16-33(31(29)22-27)35(18-25)39-10-6-14-42-12-4-8-37-7-3-11-41-13-5-9-38-34-17-24-15-32(34)30-20-26(40-2)19-28(24)30/h24-35H,3-22H2,1-2H3. The van der Waals surface area contributed by atoms with E-state index < -0.39 is 0 Å². The van der Waals surface area contributed by atoms with E-state index in [0.717, 1.165) is 85.4 Å². The molecule has 0 amide bonds. The molecule has 6 aliphatic carbocycles. The van der Waals surface area contributed by atoms with E-state index in [1.807, 2.05) is 0 Å². The lowest BCUT2D eigenvalue weighted by Crippen LogP contribution is -2.30. The Bertz CT molecular complexity index is 877. The number of hydrogen-bond donors (Lipinski definition) is 0. The number of hydrogen-bond acceptors (Lipinski definition) is 8. The molecule has 6 fully saturated rings. The molecule has 0 aromatic carbocycles. The van der Waals surface area contributed by atoms with Crippen LogP contribution in [0.2, 0.25) is 0 Å². The summed E-state index contributed by atoms with van der Waals surface area (Å²) in [5.74, 6) is 12.1. The average molecular weight is 671 g/mol. The van der Waals surface area contributed by atoms with Gasteiger partial charge in [-0.1, -0.05) is 11.8 Å². The van der Waals surface area contributed by atoms with E-state index in [2.05, 4.69) is 41.5 Å². The second kappa shape index (κ2) is 16.9. The van der Waals surface area contributed by atoms with Gasteiger partial charge in [-0.15, -0.1) is 0 Å². The van der Waals surface area contributed by atoms with Gasteiger partial charge in [0.2, 0.25) is 0 Å².